The Kier molecular flexibility index (Phi) is 5.98. The third-order valence-corrected chi connectivity index (χ3v) is 4.60. The van der Waals surface area contributed by atoms with Crippen LogP contribution in [0.1, 0.15) is 58.8 Å². The van der Waals surface area contributed by atoms with Crippen molar-refractivity contribution in [1.82, 2.24) is 10.2 Å². The molecule has 124 valence electrons. The van der Waals surface area contributed by atoms with Gasteiger partial charge < -0.3 is 10.2 Å². The Morgan fingerprint density at radius 2 is 1.91 bits per heavy atom. The first kappa shape index (κ1) is 17.0. The first-order valence-corrected chi connectivity index (χ1v) is 8.57. The first-order chi connectivity index (χ1) is 10.5. The molecule has 2 fully saturated rings. The largest absolute Gasteiger partial charge is 0.344 e. The summed E-state index contributed by atoms with van der Waals surface area (Å²) in [5, 5.41) is 2.73. The van der Waals surface area contributed by atoms with E-state index >= 15 is 0 Å². The van der Waals surface area contributed by atoms with Crippen LogP contribution in [0.3, 0.4) is 0 Å². The molecule has 0 spiro atoms. The van der Waals surface area contributed by atoms with Gasteiger partial charge in [0.25, 0.3) is 5.91 Å². The van der Waals surface area contributed by atoms with Gasteiger partial charge in [0, 0.05) is 25.9 Å². The molecule has 2 amide bonds. The standard InChI is InChI=1S/C17H28N2O3/c1-12(2)8-15(20)17(22)18-14-9-16(21)19(11-14)10-13-6-4-3-5-7-13/h12-14H,3-11H2,1-2H3,(H,18,22)/t14-/m0/s1. The zero-order chi connectivity index (χ0) is 16.1. The maximum Gasteiger partial charge on any atom is 0.287 e. The number of carbonyl (C=O) groups excluding carboxylic acids is 3. The molecule has 1 saturated carbocycles. The monoisotopic (exact) mass is 308 g/mol. The van der Waals surface area contributed by atoms with Crippen molar-refractivity contribution in [2.75, 3.05) is 13.1 Å². The van der Waals surface area contributed by atoms with Crippen LogP contribution in [0.4, 0.5) is 0 Å². The average Bonchev–Trinajstić information content (AvgIpc) is 2.79. The van der Waals surface area contributed by atoms with Crippen LogP contribution in [-0.2, 0) is 14.4 Å². The van der Waals surface area contributed by atoms with E-state index in [0.717, 1.165) is 6.54 Å². The molecule has 1 aliphatic heterocycles. The number of Topliss-reactive ketones (excluding diaryl/α,β-unsaturated/α-hetero) is 1. The molecule has 0 radical (unpaired) electrons. The molecule has 0 bridgehead atoms. The summed E-state index contributed by atoms with van der Waals surface area (Å²) >= 11 is 0. The summed E-state index contributed by atoms with van der Waals surface area (Å²) in [6.07, 6.45) is 6.82. The van der Waals surface area contributed by atoms with Crippen molar-refractivity contribution in [2.45, 2.75) is 64.8 Å². The van der Waals surface area contributed by atoms with Gasteiger partial charge in [-0.2, -0.15) is 0 Å². The van der Waals surface area contributed by atoms with E-state index < -0.39 is 5.91 Å². The fraction of sp³-hybridized carbons (Fsp3) is 0.824. The smallest absolute Gasteiger partial charge is 0.287 e. The van der Waals surface area contributed by atoms with Gasteiger partial charge in [0.1, 0.15) is 0 Å². The molecule has 0 aromatic rings. The van der Waals surface area contributed by atoms with E-state index in [1.807, 2.05) is 18.7 Å². The van der Waals surface area contributed by atoms with Gasteiger partial charge in [-0.15, -0.1) is 0 Å². The molecule has 2 aliphatic rings. The van der Waals surface area contributed by atoms with E-state index in [9.17, 15) is 14.4 Å². The molecule has 0 aromatic carbocycles. The fourth-order valence-corrected chi connectivity index (χ4v) is 3.46. The van der Waals surface area contributed by atoms with Crippen LogP contribution in [0, 0.1) is 11.8 Å². The topological polar surface area (TPSA) is 66.5 Å². The number of likely N-dealkylation sites (tertiary alicyclic amines) is 1. The van der Waals surface area contributed by atoms with E-state index in [4.69, 9.17) is 0 Å². The van der Waals surface area contributed by atoms with Crippen molar-refractivity contribution >= 4 is 17.6 Å². The highest BCUT2D eigenvalue weighted by atomic mass is 16.2. The molecular formula is C17H28N2O3. The summed E-state index contributed by atoms with van der Waals surface area (Å²) in [5.41, 5.74) is 0. The maximum atomic E-state index is 12.1. The van der Waals surface area contributed by atoms with Gasteiger partial charge in [-0.3, -0.25) is 14.4 Å². The highest BCUT2D eigenvalue weighted by molar-refractivity contribution is 6.36. The molecule has 1 saturated heterocycles. The SMILES string of the molecule is CC(C)CC(=O)C(=O)N[C@H]1CC(=O)N(CC2CCCCC2)C1. The minimum absolute atomic E-state index is 0.104. The zero-order valence-electron chi connectivity index (χ0n) is 13.8. The van der Waals surface area contributed by atoms with Crippen molar-refractivity contribution in [1.29, 1.82) is 0 Å². The van der Waals surface area contributed by atoms with Gasteiger partial charge in [-0.25, -0.2) is 0 Å². The Bertz CT molecular complexity index is 428. The van der Waals surface area contributed by atoms with Crippen molar-refractivity contribution in [3.8, 4) is 0 Å². The van der Waals surface area contributed by atoms with Crippen molar-refractivity contribution < 1.29 is 14.4 Å². The highest BCUT2D eigenvalue weighted by Crippen LogP contribution is 2.26. The van der Waals surface area contributed by atoms with Crippen LogP contribution in [-0.4, -0.2) is 41.6 Å². The Morgan fingerprint density at radius 1 is 1.23 bits per heavy atom. The van der Waals surface area contributed by atoms with Gasteiger partial charge >= 0.3 is 0 Å². The molecule has 5 nitrogen and oxygen atoms in total. The summed E-state index contributed by atoms with van der Waals surface area (Å²) in [5.74, 6) is -0.0348. The molecule has 1 N–H and O–H groups in total. The van der Waals surface area contributed by atoms with Gasteiger partial charge in [0.05, 0.1) is 6.04 Å². The van der Waals surface area contributed by atoms with E-state index in [1.165, 1.54) is 32.1 Å². The quantitative estimate of drug-likeness (QED) is 0.762. The van der Waals surface area contributed by atoms with Crippen LogP contribution >= 0.6 is 0 Å². The lowest BCUT2D eigenvalue weighted by molar-refractivity contribution is -0.138. The number of nitrogens with zero attached hydrogens (tertiary/aromatic N) is 1. The summed E-state index contributed by atoms with van der Waals surface area (Å²) in [4.78, 5) is 37.5. The molecule has 1 aliphatic carbocycles. The Hall–Kier alpha value is -1.39. The number of hydrogen-bond acceptors (Lipinski definition) is 3. The number of ketones is 1. The summed E-state index contributed by atoms with van der Waals surface area (Å²) in [7, 11) is 0. The van der Waals surface area contributed by atoms with Crippen LogP contribution in [0.2, 0.25) is 0 Å². The van der Waals surface area contributed by atoms with Gasteiger partial charge in [-0.05, 0) is 24.7 Å². The number of hydrogen-bond donors (Lipinski definition) is 1. The molecule has 0 aromatic heterocycles. The van der Waals surface area contributed by atoms with E-state index in [2.05, 4.69) is 5.32 Å². The number of amides is 2. The third kappa shape index (κ3) is 4.82. The van der Waals surface area contributed by atoms with Crippen LogP contribution in [0.25, 0.3) is 0 Å². The lowest BCUT2D eigenvalue weighted by Crippen LogP contribution is -2.41. The first-order valence-electron chi connectivity index (χ1n) is 8.57. The number of rotatable bonds is 6. The average molecular weight is 308 g/mol. The second-order valence-electron chi connectivity index (χ2n) is 7.20. The van der Waals surface area contributed by atoms with E-state index in [0.29, 0.717) is 18.9 Å². The van der Waals surface area contributed by atoms with Crippen molar-refractivity contribution in [3.63, 3.8) is 0 Å². The van der Waals surface area contributed by atoms with Gasteiger partial charge in [0.2, 0.25) is 11.7 Å². The second-order valence-corrected chi connectivity index (χ2v) is 7.20. The summed E-state index contributed by atoms with van der Waals surface area (Å²) in [6, 6.07) is -0.209. The van der Waals surface area contributed by atoms with Gasteiger partial charge in [0.15, 0.2) is 0 Å². The molecule has 5 heteroatoms. The lowest BCUT2D eigenvalue weighted by Gasteiger charge is -2.27. The number of nitrogens with one attached hydrogen (secondary N) is 1. The molecule has 2 rings (SSSR count). The van der Waals surface area contributed by atoms with E-state index in [-0.39, 0.29) is 30.1 Å². The molecule has 22 heavy (non-hydrogen) atoms. The Morgan fingerprint density at radius 3 is 2.55 bits per heavy atom. The summed E-state index contributed by atoms with van der Waals surface area (Å²) in [6.45, 7) is 5.19. The molecule has 1 heterocycles. The fourth-order valence-electron chi connectivity index (χ4n) is 3.46. The lowest BCUT2D eigenvalue weighted by atomic mass is 9.89. The van der Waals surface area contributed by atoms with Crippen LogP contribution in [0.5, 0.6) is 0 Å². The third-order valence-electron chi connectivity index (χ3n) is 4.60. The zero-order valence-corrected chi connectivity index (χ0v) is 13.8. The minimum atomic E-state index is -0.536. The Labute approximate surface area is 132 Å². The molecule has 0 unspecified atom stereocenters. The van der Waals surface area contributed by atoms with Crippen LogP contribution in [0.15, 0.2) is 0 Å². The summed E-state index contributed by atoms with van der Waals surface area (Å²) < 4.78 is 0. The predicted octanol–water partition coefficient (Wildman–Crippen LogP) is 1.90. The molecular weight excluding hydrogens is 280 g/mol. The second kappa shape index (κ2) is 7.75. The maximum absolute atomic E-state index is 12.1. The van der Waals surface area contributed by atoms with Gasteiger partial charge in [-0.1, -0.05) is 33.1 Å². The number of carbonyl (C=O) groups is 3. The molecule has 1 atom stereocenters. The Balaban J connectivity index is 1.78. The normalized spacial score (nSPS) is 23.1. The highest BCUT2D eigenvalue weighted by Gasteiger charge is 2.33. The van der Waals surface area contributed by atoms with Crippen LogP contribution < -0.4 is 5.32 Å². The predicted molar refractivity (Wildman–Crippen MR) is 84.2 cm³/mol. The van der Waals surface area contributed by atoms with E-state index in [1.54, 1.807) is 0 Å². The van der Waals surface area contributed by atoms with Crippen molar-refractivity contribution in [3.05, 3.63) is 0 Å². The van der Waals surface area contributed by atoms with Crippen molar-refractivity contribution in [2.24, 2.45) is 11.8 Å². The minimum Gasteiger partial charge on any atom is -0.344 e.